The van der Waals surface area contributed by atoms with Crippen molar-refractivity contribution in [2.75, 3.05) is 33.2 Å². The molecule has 2 rings (SSSR count). The van der Waals surface area contributed by atoms with Gasteiger partial charge in [0.15, 0.2) is 0 Å². The van der Waals surface area contributed by atoms with Crippen LogP contribution in [0.1, 0.15) is 18.1 Å². The van der Waals surface area contributed by atoms with E-state index < -0.39 is 0 Å². The van der Waals surface area contributed by atoms with E-state index in [4.69, 9.17) is 5.73 Å². The normalized spacial score (nSPS) is 19.9. The average Bonchev–Trinajstić information content (AvgIpc) is 2.32. The van der Waals surface area contributed by atoms with Gasteiger partial charge in [0.1, 0.15) is 0 Å². The number of hydrogen-bond acceptors (Lipinski definition) is 3. The fourth-order valence-corrected chi connectivity index (χ4v) is 2.49. The van der Waals surface area contributed by atoms with E-state index in [1.165, 1.54) is 37.3 Å². The molecule has 18 heavy (non-hydrogen) atoms. The molecular formula is C15H25N3. The van der Waals surface area contributed by atoms with Crippen LogP contribution in [0.15, 0.2) is 24.3 Å². The van der Waals surface area contributed by atoms with Gasteiger partial charge in [-0.25, -0.2) is 0 Å². The largest absolute Gasteiger partial charge is 0.328 e. The Morgan fingerprint density at radius 2 is 1.83 bits per heavy atom. The number of likely N-dealkylation sites (N-methyl/N-ethyl adjacent to an activating group) is 1. The van der Waals surface area contributed by atoms with Crippen LogP contribution in [0, 0.1) is 0 Å². The van der Waals surface area contributed by atoms with Crippen molar-refractivity contribution in [3.63, 3.8) is 0 Å². The first-order chi connectivity index (χ1) is 8.63. The van der Waals surface area contributed by atoms with Crippen LogP contribution >= 0.6 is 0 Å². The molecule has 2 N–H and O–H groups in total. The molecule has 0 aromatic heterocycles. The molecule has 0 saturated carbocycles. The van der Waals surface area contributed by atoms with Gasteiger partial charge in [0, 0.05) is 38.8 Å². The zero-order valence-corrected chi connectivity index (χ0v) is 11.6. The second-order valence-corrected chi connectivity index (χ2v) is 5.58. The number of benzene rings is 1. The van der Waals surface area contributed by atoms with Gasteiger partial charge in [-0.05, 0) is 31.5 Å². The molecule has 100 valence electrons. The summed E-state index contributed by atoms with van der Waals surface area (Å²) < 4.78 is 0. The summed E-state index contributed by atoms with van der Waals surface area (Å²) in [6, 6.07) is 9.11. The molecule has 1 atom stereocenters. The molecule has 3 heteroatoms. The van der Waals surface area contributed by atoms with E-state index in [0.717, 1.165) is 13.0 Å². The maximum Gasteiger partial charge on any atom is 0.0234 e. The molecule has 3 nitrogen and oxygen atoms in total. The van der Waals surface area contributed by atoms with Crippen LogP contribution in [0.2, 0.25) is 0 Å². The highest BCUT2D eigenvalue weighted by molar-refractivity contribution is 5.24. The lowest BCUT2D eigenvalue weighted by Crippen LogP contribution is -2.43. The van der Waals surface area contributed by atoms with Gasteiger partial charge in [-0.2, -0.15) is 0 Å². The Hall–Kier alpha value is -0.900. The van der Waals surface area contributed by atoms with Gasteiger partial charge < -0.3 is 10.6 Å². The van der Waals surface area contributed by atoms with E-state index >= 15 is 0 Å². The van der Waals surface area contributed by atoms with Gasteiger partial charge in [0.05, 0.1) is 0 Å². The van der Waals surface area contributed by atoms with Crippen LogP contribution in [-0.2, 0) is 13.0 Å². The van der Waals surface area contributed by atoms with Crippen LogP contribution < -0.4 is 5.73 Å². The lowest BCUT2D eigenvalue weighted by Gasteiger charge is -2.32. The number of piperazine rings is 1. The summed E-state index contributed by atoms with van der Waals surface area (Å²) in [7, 11) is 2.20. The van der Waals surface area contributed by atoms with E-state index in [9.17, 15) is 0 Å². The second-order valence-electron chi connectivity index (χ2n) is 5.58. The van der Waals surface area contributed by atoms with Crippen molar-refractivity contribution in [1.29, 1.82) is 0 Å². The molecule has 0 aliphatic carbocycles. The summed E-state index contributed by atoms with van der Waals surface area (Å²) in [6.07, 6.45) is 0.969. The minimum absolute atomic E-state index is 0.240. The Kier molecular flexibility index (Phi) is 4.75. The van der Waals surface area contributed by atoms with Crippen LogP contribution in [0.4, 0.5) is 0 Å². The molecule has 0 amide bonds. The summed E-state index contributed by atoms with van der Waals surface area (Å²) in [4.78, 5) is 4.92. The maximum absolute atomic E-state index is 5.86. The highest BCUT2D eigenvalue weighted by Crippen LogP contribution is 2.11. The smallest absolute Gasteiger partial charge is 0.0234 e. The van der Waals surface area contributed by atoms with Gasteiger partial charge in [0.2, 0.25) is 0 Å². The molecule has 1 aliphatic rings. The Labute approximate surface area is 111 Å². The molecule has 0 bridgehead atoms. The van der Waals surface area contributed by atoms with Crippen molar-refractivity contribution >= 4 is 0 Å². The second kappa shape index (κ2) is 6.32. The summed E-state index contributed by atoms with van der Waals surface area (Å²) in [6.45, 7) is 7.84. The Morgan fingerprint density at radius 1 is 1.17 bits per heavy atom. The van der Waals surface area contributed by atoms with Crippen LogP contribution in [0.25, 0.3) is 0 Å². The highest BCUT2D eigenvalue weighted by atomic mass is 15.2. The predicted octanol–water partition coefficient (Wildman–Crippen LogP) is 1.32. The lowest BCUT2D eigenvalue weighted by molar-refractivity contribution is 0.148. The van der Waals surface area contributed by atoms with Crippen molar-refractivity contribution in [3.8, 4) is 0 Å². The molecule has 1 aliphatic heterocycles. The molecule has 1 aromatic carbocycles. The third-order valence-electron chi connectivity index (χ3n) is 3.55. The minimum Gasteiger partial charge on any atom is -0.328 e. The number of nitrogens with two attached hydrogens (primary N) is 1. The molecule has 0 spiro atoms. The highest BCUT2D eigenvalue weighted by Gasteiger charge is 2.13. The van der Waals surface area contributed by atoms with Crippen molar-refractivity contribution in [2.45, 2.75) is 25.9 Å². The average molecular weight is 247 g/mol. The van der Waals surface area contributed by atoms with Crippen molar-refractivity contribution < 1.29 is 0 Å². The van der Waals surface area contributed by atoms with Crippen molar-refractivity contribution in [3.05, 3.63) is 35.4 Å². The Morgan fingerprint density at radius 3 is 2.50 bits per heavy atom. The Bertz CT molecular complexity index is 368. The lowest BCUT2D eigenvalue weighted by atomic mass is 10.0. The monoisotopic (exact) mass is 247 g/mol. The van der Waals surface area contributed by atoms with Crippen LogP contribution in [0.3, 0.4) is 0 Å². The first-order valence-corrected chi connectivity index (χ1v) is 6.88. The SMILES string of the molecule is CC(N)Cc1cccc(CN2CCN(C)CC2)c1. The molecule has 0 radical (unpaired) electrons. The van der Waals surface area contributed by atoms with E-state index in [1.807, 2.05) is 0 Å². The third kappa shape index (κ3) is 4.09. The van der Waals surface area contributed by atoms with E-state index in [2.05, 4.69) is 48.0 Å². The first-order valence-electron chi connectivity index (χ1n) is 6.88. The van der Waals surface area contributed by atoms with E-state index in [-0.39, 0.29) is 6.04 Å². The Balaban J connectivity index is 1.92. The van der Waals surface area contributed by atoms with Crippen molar-refractivity contribution in [1.82, 2.24) is 9.80 Å². The van der Waals surface area contributed by atoms with Gasteiger partial charge in [0.25, 0.3) is 0 Å². The topological polar surface area (TPSA) is 32.5 Å². The van der Waals surface area contributed by atoms with E-state index in [0.29, 0.717) is 0 Å². The van der Waals surface area contributed by atoms with Gasteiger partial charge in [-0.1, -0.05) is 24.3 Å². The summed E-state index contributed by atoms with van der Waals surface area (Å²) in [5, 5.41) is 0. The zero-order valence-electron chi connectivity index (χ0n) is 11.6. The minimum atomic E-state index is 0.240. The first kappa shape index (κ1) is 13.5. The van der Waals surface area contributed by atoms with Gasteiger partial charge in [-0.3, -0.25) is 4.90 Å². The van der Waals surface area contributed by atoms with E-state index in [1.54, 1.807) is 0 Å². The number of hydrogen-bond donors (Lipinski definition) is 1. The zero-order chi connectivity index (χ0) is 13.0. The quantitative estimate of drug-likeness (QED) is 0.871. The molecule has 1 fully saturated rings. The standard InChI is InChI=1S/C15H25N3/c1-13(16)10-14-4-3-5-15(11-14)12-18-8-6-17(2)7-9-18/h3-5,11,13H,6-10,12,16H2,1-2H3. The number of nitrogens with zero attached hydrogens (tertiary/aromatic N) is 2. The molecule has 1 heterocycles. The summed E-state index contributed by atoms with van der Waals surface area (Å²) in [5.41, 5.74) is 8.63. The molecule has 1 saturated heterocycles. The predicted molar refractivity (Wildman–Crippen MR) is 76.6 cm³/mol. The maximum atomic E-state index is 5.86. The fraction of sp³-hybridized carbons (Fsp3) is 0.600. The molecule has 1 aromatic rings. The third-order valence-corrected chi connectivity index (χ3v) is 3.55. The summed E-state index contributed by atoms with van der Waals surface area (Å²) in [5.74, 6) is 0. The van der Waals surface area contributed by atoms with Crippen LogP contribution in [0.5, 0.6) is 0 Å². The van der Waals surface area contributed by atoms with Crippen LogP contribution in [-0.4, -0.2) is 49.1 Å². The molecule has 1 unspecified atom stereocenters. The molecular weight excluding hydrogens is 222 g/mol. The summed E-state index contributed by atoms with van der Waals surface area (Å²) >= 11 is 0. The van der Waals surface area contributed by atoms with Gasteiger partial charge in [-0.15, -0.1) is 0 Å². The fourth-order valence-electron chi connectivity index (χ4n) is 2.49. The number of rotatable bonds is 4. The van der Waals surface area contributed by atoms with Gasteiger partial charge >= 0.3 is 0 Å². The van der Waals surface area contributed by atoms with Crippen molar-refractivity contribution in [2.24, 2.45) is 5.73 Å².